The molecule has 0 radical (unpaired) electrons. The standard InChI is InChI=1S/C19H26N4O2S/c1-25-12-11-23(19(26)20-14-7-3-2-4-8-14)13-17-21-16-10-6-5-9-15(16)18(24)22-17/h5-6,9-10,14H,2-4,7-8,11-13H2,1H3,(H,20,26)(H,21,22,24). The van der Waals surface area contributed by atoms with Crippen LogP contribution in [0.1, 0.15) is 37.9 Å². The number of para-hydroxylation sites is 1. The van der Waals surface area contributed by atoms with Gasteiger partial charge in [-0.1, -0.05) is 31.4 Å². The van der Waals surface area contributed by atoms with E-state index in [1.807, 2.05) is 23.1 Å². The highest BCUT2D eigenvalue weighted by Crippen LogP contribution is 2.18. The van der Waals surface area contributed by atoms with Crippen LogP contribution in [0.5, 0.6) is 0 Å². The summed E-state index contributed by atoms with van der Waals surface area (Å²) in [5.41, 5.74) is 0.576. The lowest BCUT2D eigenvalue weighted by molar-refractivity contribution is 0.172. The summed E-state index contributed by atoms with van der Waals surface area (Å²) in [6, 6.07) is 7.79. The van der Waals surface area contributed by atoms with Crippen molar-refractivity contribution in [1.29, 1.82) is 0 Å². The van der Waals surface area contributed by atoms with Crippen LogP contribution in [0.3, 0.4) is 0 Å². The fraction of sp³-hybridized carbons (Fsp3) is 0.526. The maximum absolute atomic E-state index is 12.3. The van der Waals surface area contributed by atoms with E-state index in [0.717, 1.165) is 12.8 Å². The third-order valence-electron chi connectivity index (χ3n) is 4.79. The lowest BCUT2D eigenvalue weighted by Crippen LogP contribution is -2.46. The van der Waals surface area contributed by atoms with Crippen LogP contribution in [0.2, 0.25) is 0 Å². The molecule has 0 spiro atoms. The van der Waals surface area contributed by atoms with Crippen molar-refractivity contribution < 1.29 is 4.74 Å². The Morgan fingerprint density at radius 3 is 2.88 bits per heavy atom. The molecule has 0 atom stereocenters. The molecule has 6 nitrogen and oxygen atoms in total. The minimum absolute atomic E-state index is 0.122. The molecule has 0 amide bonds. The van der Waals surface area contributed by atoms with Gasteiger partial charge in [0.05, 0.1) is 24.1 Å². The van der Waals surface area contributed by atoms with E-state index in [2.05, 4.69) is 15.3 Å². The van der Waals surface area contributed by atoms with Crippen molar-refractivity contribution in [3.63, 3.8) is 0 Å². The Balaban J connectivity index is 1.75. The van der Waals surface area contributed by atoms with Gasteiger partial charge < -0.3 is 19.9 Å². The average Bonchev–Trinajstić information content (AvgIpc) is 2.66. The SMILES string of the molecule is COCCN(Cc1nc2ccccc2c(=O)[nH]1)C(=S)NC1CCCCC1. The highest BCUT2D eigenvalue weighted by Gasteiger charge is 2.18. The van der Waals surface area contributed by atoms with Crippen LogP contribution in [-0.4, -0.2) is 46.3 Å². The van der Waals surface area contributed by atoms with E-state index in [-0.39, 0.29) is 5.56 Å². The van der Waals surface area contributed by atoms with Gasteiger partial charge in [0.25, 0.3) is 5.56 Å². The van der Waals surface area contributed by atoms with Crippen molar-refractivity contribution in [2.24, 2.45) is 0 Å². The summed E-state index contributed by atoms with van der Waals surface area (Å²) in [6.07, 6.45) is 6.11. The predicted molar refractivity (Wildman–Crippen MR) is 107 cm³/mol. The van der Waals surface area contributed by atoms with Crippen LogP contribution in [-0.2, 0) is 11.3 Å². The fourth-order valence-electron chi connectivity index (χ4n) is 3.36. The van der Waals surface area contributed by atoms with Crippen molar-refractivity contribution in [3.05, 3.63) is 40.4 Å². The second-order valence-electron chi connectivity index (χ2n) is 6.73. The van der Waals surface area contributed by atoms with Crippen molar-refractivity contribution in [3.8, 4) is 0 Å². The molecular weight excluding hydrogens is 348 g/mol. The Morgan fingerprint density at radius 1 is 1.35 bits per heavy atom. The molecule has 1 aliphatic carbocycles. The van der Waals surface area contributed by atoms with Gasteiger partial charge in [0.15, 0.2) is 5.11 Å². The molecule has 0 unspecified atom stereocenters. The van der Waals surface area contributed by atoms with Gasteiger partial charge in [0, 0.05) is 19.7 Å². The Hall–Kier alpha value is -1.99. The summed E-state index contributed by atoms with van der Waals surface area (Å²) in [6.45, 7) is 1.65. The van der Waals surface area contributed by atoms with Crippen LogP contribution in [0.15, 0.2) is 29.1 Å². The van der Waals surface area contributed by atoms with E-state index in [1.54, 1.807) is 13.2 Å². The maximum Gasteiger partial charge on any atom is 0.258 e. The van der Waals surface area contributed by atoms with Crippen LogP contribution in [0.25, 0.3) is 10.9 Å². The quantitative estimate of drug-likeness (QED) is 0.758. The number of benzene rings is 1. The summed E-state index contributed by atoms with van der Waals surface area (Å²) in [5.74, 6) is 0.609. The van der Waals surface area contributed by atoms with E-state index >= 15 is 0 Å². The lowest BCUT2D eigenvalue weighted by Gasteiger charge is -2.30. The average molecular weight is 375 g/mol. The number of thiocarbonyl (C=S) groups is 1. The summed E-state index contributed by atoms with van der Waals surface area (Å²) >= 11 is 5.64. The predicted octanol–water partition coefficient (Wildman–Crippen LogP) is 2.58. The van der Waals surface area contributed by atoms with E-state index in [0.29, 0.717) is 47.6 Å². The monoisotopic (exact) mass is 374 g/mol. The Labute approximate surface area is 159 Å². The molecule has 0 bridgehead atoms. The number of hydrogen-bond donors (Lipinski definition) is 2. The summed E-state index contributed by atoms with van der Waals surface area (Å²) in [4.78, 5) is 21.8. The second-order valence-corrected chi connectivity index (χ2v) is 7.12. The number of methoxy groups -OCH3 is 1. The highest BCUT2D eigenvalue weighted by molar-refractivity contribution is 7.80. The van der Waals surface area contributed by atoms with Crippen molar-refractivity contribution >= 4 is 28.2 Å². The van der Waals surface area contributed by atoms with Crippen molar-refractivity contribution in [1.82, 2.24) is 20.2 Å². The van der Waals surface area contributed by atoms with Gasteiger partial charge in [-0.25, -0.2) is 4.98 Å². The molecule has 3 rings (SSSR count). The number of nitrogens with one attached hydrogen (secondary N) is 2. The first kappa shape index (κ1) is 18.8. The van der Waals surface area contributed by atoms with Crippen LogP contribution in [0.4, 0.5) is 0 Å². The summed E-state index contributed by atoms with van der Waals surface area (Å²) < 4.78 is 5.22. The molecule has 0 saturated heterocycles. The smallest absolute Gasteiger partial charge is 0.258 e. The lowest BCUT2D eigenvalue weighted by atomic mass is 9.96. The van der Waals surface area contributed by atoms with Crippen LogP contribution >= 0.6 is 12.2 Å². The molecule has 1 aromatic heterocycles. The molecule has 1 aliphatic rings. The zero-order valence-corrected chi connectivity index (χ0v) is 16.0. The number of aromatic amines is 1. The summed E-state index contributed by atoms with van der Waals surface area (Å²) in [7, 11) is 1.67. The van der Waals surface area contributed by atoms with Crippen LogP contribution in [0, 0.1) is 0 Å². The molecule has 0 aliphatic heterocycles. The van der Waals surface area contributed by atoms with Gasteiger partial charge in [0.2, 0.25) is 0 Å². The number of ether oxygens (including phenoxy) is 1. The first-order valence-electron chi connectivity index (χ1n) is 9.19. The first-order chi connectivity index (χ1) is 12.7. The highest BCUT2D eigenvalue weighted by atomic mass is 32.1. The molecule has 1 heterocycles. The third kappa shape index (κ3) is 4.80. The number of aromatic nitrogens is 2. The van der Waals surface area contributed by atoms with Gasteiger partial charge in [0.1, 0.15) is 5.82 Å². The normalized spacial score (nSPS) is 15.1. The van der Waals surface area contributed by atoms with Crippen LogP contribution < -0.4 is 10.9 Å². The van der Waals surface area contributed by atoms with Crippen molar-refractivity contribution in [2.45, 2.75) is 44.7 Å². The van der Waals surface area contributed by atoms with E-state index < -0.39 is 0 Å². The van der Waals surface area contributed by atoms with Gasteiger partial charge in [-0.2, -0.15) is 0 Å². The number of hydrogen-bond acceptors (Lipinski definition) is 4. The molecule has 1 saturated carbocycles. The topological polar surface area (TPSA) is 70.2 Å². The fourth-order valence-corrected chi connectivity index (χ4v) is 3.68. The van der Waals surface area contributed by atoms with Gasteiger partial charge in [-0.15, -0.1) is 0 Å². The molecule has 26 heavy (non-hydrogen) atoms. The molecular formula is C19H26N4O2S. The maximum atomic E-state index is 12.3. The number of rotatable bonds is 6. The second kappa shape index (κ2) is 9.09. The van der Waals surface area contributed by atoms with E-state index in [1.165, 1.54) is 19.3 Å². The van der Waals surface area contributed by atoms with Crippen molar-refractivity contribution in [2.75, 3.05) is 20.3 Å². The zero-order chi connectivity index (χ0) is 18.4. The minimum atomic E-state index is -0.122. The number of fused-ring (bicyclic) bond motifs is 1. The Kier molecular flexibility index (Phi) is 6.57. The molecule has 7 heteroatoms. The number of nitrogens with zero attached hydrogens (tertiary/aromatic N) is 2. The molecule has 1 aromatic carbocycles. The first-order valence-corrected chi connectivity index (χ1v) is 9.60. The molecule has 1 fully saturated rings. The van der Waals surface area contributed by atoms with E-state index in [9.17, 15) is 4.79 Å². The Morgan fingerprint density at radius 2 is 2.12 bits per heavy atom. The molecule has 2 aromatic rings. The van der Waals surface area contributed by atoms with Gasteiger partial charge in [-0.3, -0.25) is 4.79 Å². The largest absolute Gasteiger partial charge is 0.383 e. The van der Waals surface area contributed by atoms with Gasteiger partial charge in [-0.05, 0) is 37.2 Å². The molecule has 140 valence electrons. The Bertz CT molecular complexity index is 801. The summed E-state index contributed by atoms with van der Waals surface area (Å²) in [5, 5.41) is 4.78. The number of H-pyrrole nitrogens is 1. The van der Waals surface area contributed by atoms with E-state index in [4.69, 9.17) is 17.0 Å². The minimum Gasteiger partial charge on any atom is -0.383 e. The molecule has 2 N–H and O–H groups in total. The zero-order valence-electron chi connectivity index (χ0n) is 15.2. The van der Waals surface area contributed by atoms with Gasteiger partial charge >= 0.3 is 0 Å². The third-order valence-corrected chi connectivity index (χ3v) is 5.16.